The Kier molecular flexibility index (Phi) is 4.66. The molecule has 4 nitrogen and oxygen atoms in total. The van der Waals surface area contributed by atoms with Crippen molar-refractivity contribution in [1.82, 2.24) is 5.43 Å². The molecule has 0 rings (SSSR count). The van der Waals surface area contributed by atoms with Crippen molar-refractivity contribution in [2.45, 2.75) is 20.3 Å². The number of hydrogen-bond donors (Lipinski definition) is 2. The van der Waals surface area contributed by atoms with Crippen LogP contribution in [0.5, 0.6) is 0 Å². The van der Waals surface area contributed by atoms with Crippen LogP contribution in [0.1, 0.15) is 20.3 Å². The summed E-state index contributed by atoms with van der Waals surface area (Å²) >= 11 is 0. The number of carbonyl (C=O) groups is 1. The van der Waals surface area contributed by atoms with Gasteiger partial charge in [-0.25, -0.2) is 10.6 Å². The van der Waals surface area contributed by atoms with Crippen molar-refractivity contribution >= 4 is 6.09 Å². The van der Waals surface area contributed by atoms with Crippen molar-refractivity contribution in [3.05, 3.63) is 0 Å². The van der Waals surface area contributed by atoms with E-state index in [1.54, 1.807) is 0 Å². The monoisotopic (exact) mass is 146 g/mol. The Morgan fingerprint density at radius 3 is 2.70 bits per heavy atom. The van der Waals surface area contributed by atoms with Gasteiger partial charge in [-0.05, 0) is 12.3 Å². The van der Waals surface area contributed by atoms with E-state index in [1.165, 1.54) is 0 Å². The van der Waals surface area contributed by atoms with Crippen LogP contribution in [0.3, 0.4) is 0 Å². The van der Waals surface area contributed by atoms with Gasteiger partial charge in [0.25, 0.3) is 0 Å². The number of nitrogens with two attached hydrogens (primary N) is 1. The molecular formula is C6H14N2O2. The summed E-state index contributed by atoms with van der Waals surface area (Å²) < 4.78 is 4.63. The van der Waals surface area contributed by atoms with Crippen molar-refractivity contribution in [3.8, 4) is 0 Å². The van der Waals surface area contributed by atoms with Crippen LogP contribution in [0.25, 0.3) is 0 Å². The average molecular weight is 146 g/mol. The van der Waals surface area contributed by atoms with Crippen LogP contribution in [0.4, 0.5) is 4.79 Å². The molecule has 0 atom stereocenters. The second-order valence-electron chi connectivity index (χ2n) is 2.46. The average Bonchev–Trinajstić information content (AvgIpc) is 1.87. The highest BCUT2D eigenvalue weighted by molar-refractivity contribution is 5.66. The zero-order valence-electron chi connectivity index (χ0n) is 6.39. The highest BCUT2D eigenvalue weighted by atomic mass is 16.5. The minimum absolute atomic E-state index is 0.431. The summed E-state index contributed by atoms with van der Waals surface area (Å²) in [6.07, 6.45) is 0.300. The number of amides is 1. The molecule has 0 saturated carbocycles. The summed E-state index contributed by atoms with van der Waals surface area (Å²) in [4.78, 5) is 10.3. The molecule has 10 heavy (non-hydrogen) atoms. The molecule has 0 aromatic carbocycles. The molecule has 0 unspecified atom stereocenters. The molecule has 0 aliphatic heterocycles. The summed E-state index contributed by atoms with van der Waals surface area (Å²) in [6.45, 7) is 4.55. The lowest BCUT2D eigenvalue weighted by Gasteiger charge is -2.04. The lowest BCUT2D eigenvalue weighted by Crippen LogP contribution is -2.31. The predicted octanol–water partition coefficient (Wildman–Crippen LogP) is 0.632. The molecule has 1 amide bonds. The van der Waals surface area contributed by atoms with Gasteiger partial charge < -0.3 is 4.74 Å². The zero-order valence-corrected chi connectivity index (χ0v) is 6.39. The van der Waals surface area contributed by atoms with Gasteiger partial charge in [0.15, 0.2) is 0 Å². The fourth-order valence-corrected chi connectivity index (χ4v) is 0.429. The lowest BCUT2D eigenvalue weighted by molar-refractivity contribution is 0.140. The summed E-state index contributed by atoms with van der Waals surface area (Å²) in [6, 6.07) is 0. The van der Waals surface area contributed by atoms with Gasteiger partial charge in [-0.2, -0.15) is 0 Å². The molecular weight excluding hydrogens is 132 g/mol. The van der Waals surface area contributed by atoms with Crippen LogP contribution in [0.2, 0.25) is 0 Å². The molecule has 4 heteroatoms. The Bertz CT molecular complexity index is 104. The largest absolute Gasteiger partial charge is 0.449 e. The van der Waals surface area contributed by atoms with Crippen molar-refractivity contribution in [2.24, 2.45) is 11.8 Å². The molecule has 60 valence electrons. The number of nitrogens with one attached hydrogen (secondary N) is 1. The van der Waals surface area contributed by atoms with E-state index in [0.717, 1.165) is 6.42 Å². The predicted molar refractivity (Wildman–Crippen MR) is 38.1 cm³/mol. The van der Waals surface area contributed by atoms with Gasteiger partial charge in [-0.1, -0.05) is 13.8 Å². The minimum Gasteiger partial charge on any atom is -0.449 e. The Labute approximate surface area is 60.7 Å². The second-order valence-corrected chi connectivity index (χ2v) is 2.46. The SMILES string of the molecule is CC(C)CCOC(=O)NN. The van der Waals surface area contributed by atoms with E-state index in [0.29, 0.717) is 12.5 Å². The van der Waals surface area contributed by atoms with Crippen LogP contribution in [0, 0.1) is 5.92 Å². The van der Waals surface area contributed by atoms with E-state index in [4.69, 9.17) is 5.84 Å². The molecule has 0 aliphatic carbocycles. The number of hydrazine groups is 1. The molecule has 0 fully saturated rings. The maximum absolute atomic E-state index is 10.3. The maximum Gasteiger partial charge on any atom is 0.421 e. The third-order valence-corrected chi connectivity index (χ3v) is 1.05. The van der Waals surface area contributed by atoms with Crippen molar-refractivity contribution in [1.29, 1.82) is 0 Å². The first-order chi connectivity index (χ1) is 4.66. The number of rotatable bonds is 3. The van der Waals surface area contributed by atoms with E-state index in [1.807, 2.05) is 5.43 Å². The van der Waals surface area contributed by atoms with E-state index >= 15 is 0 Å². The third-order valence-electron chi connectivity index (χ3n) is 1.05. The van der Waals surface area contributed by atoms with E-state index in [-0.39, 0.29) is 0 Å². The first-order valence-electron chi connectivity index (χ1n) is 3.30. The van der Waals surface area contributed by atoms with Gasteiger partial charge >= 0.3 is 6.09 Å². The third kappa shape index (κ3) is 5.37. The first kappa shape index (κ1) is 9.23. The fraction of sp³-hybridized carbons (Fsp3) is 0.833. The molecule has 0 radical (unpaired) electrons. The van der Waals surface area contributed by atoms with Crippen LogP contribution in [-0.2, 0) is 4.74 Å². The standard InChI is InChI=1S/C6H14N2O2/c1-5(2)3-4-10-6(9)8-7/h5H,3-4,7H2,1-2H3,(H,8,9). The topological polar surface area (TPSA) is 64.3 Å². The van der Waals surface area contributed by atoms with Crippen molar-refractivity contribution < 1.29 is 9.53 Å². The highest BCUT2D eigenvalue weighted by Gasteiger charge is 1.98. The zero-order chi connectivity index (χ0) is 7.98. The quantitative estimate of drug-likeness (QED) is 0.349. The number of hydrogen-bond acceptors (Lipinski definition) is 3. The normalized spacial score (nSPS) is 9.60. The summed E-state index contributed by atoms with van der Waals surface area (Å²) in [7, 11) is 0. The number of carbonyl (C=O) groups excluding carboxylic acids is 1. The van der Waals surface area contributed by atoms with Gasteiger partial charge in [-0.15, -0.1) is 0 Å². The molecule has 0 aliphatic rings. The molecule has 3 N–H and O–H groups in total. The Morgan fingerprint density at radius 2 is 2.30 bits per heavy atom. The smallest absolute Gasteiger partial charge is 0.421 e. The Hall–Kier alpha value is -0.770. The minimum atomic E-state index is -0.569. The molecule has 0 spiro atoms. The van der Waals surface area contributed by atoms with Gasteiger partial charge in [0.05, 0.1) is 6.61 Å². The summed E-state index contributed by atoms with van der Waals surface area (Å²) in [5, 5.41) is 0. The van der Waals surface area contributed by atoms with Crippen molar-refractivity contribution in [3.63, 3.8) is 0 Å². The van der Waals surface area contributed by atoms with Crippen molar-refractivity contribution in [2.75, 3.05) is 6.61 Å². The Morgan fingerprint density at radius 1 is 1.70 bits per heavy atom. The summed E-state index contributed by atoms with van der Waals surface area (Å²) in [5.41, 5.74) is 1.88. The van der Waals surface area contributed by atoms with Gasteiger partial charge in [-0.3, -0.25) is 5.43 Å². The van der Waals surface area contributed by atoms with Crippen LogP contribution in [-0.4, -0.2) is 12.7 Å². The van der Waals surface area contributed by atoms with Gasteiger partial charge in [0, 0.05) is 0 Å². The van der Waals surface area contributed by atoms with E-state index in [9.17, 15) is 4.79 Å². The van der Waals surface area contributed by atoms with Gasteiger partial charge in [0.1, 0.15) is 0 Å². The number of ether oxygens (including phenoxy) is 1. The molecule has 0 bridgehead atoms. The maximum atomic E-state index is 10.3. The van der Waals surface area contributed by atoms with Crippen LogP contribution < -0.4 is 11.3 Å². The first-order valence-corrected chi connectivity index (χ1v) is 3.30. The van der Waals surface area contributed by atoms with E-state index < -0.39 is 6.09 Å². The molecule has 0 saturated heterocycles. The second kappa shape index (κ2) is 5.05. The lowest BCUT2D eigenvalue weighted by atomic mass is 10.1. The summed E-state index contributed by atoms with van der Waals surface area (Å²) in [5.74, 6) is 5.31. The van der Waals surface area contributed by atoms with E-state index in [2.05, 4.69) is 18.6 Å². The molecule has 0 aromatic heterocycles. The van der Waals surface area contributed by atoms with Crippen LogP contribution >= 0.6 is 0 Å². The van der Waals surface area contributed by atoms with Crippen LogP contribution in [0.15, 0.2) is 0 Å². The Balaban J connectivity index is 3.12. The fourth-order valence-electron chi connectivity index (χ4n) is 0.429. The highest BCUT2D eigenvalue weighted by Crippen LogP contribution is 1.98. The molecule has 0 aromatic rings. The molecule has 0 heterocycles. The van der Waals surface area contributed by atoms with Gasteiger partial charge in [0.2, 0.25) is 0 Å².